The molecular weight excluding hydrogens is 360 g/mol. The summed E-state index contributed by atoms with van der Waals surface area (Å²) >= 11 is 5.39. The smallest absolute Gasteiger partial charge is 0.251 e. The zero-order valence-electron chi connectivity index (χ0n) is 15.6. The molecule has 2 aliphatic rings. The number of hydrogen-bond donors (Lipinski definition) is 1. The lowest BCUT2D eigenvalue weighted by Gasteiger charge is -2.33. The van der Waals surface area contributed by atoms with Crippen LogP contribution < -0.4 is 0 Å². The van der Waals surface area contributed by atoms with Gasteiger partial charge in [0.1, 0.15) is 11.9 Å². The van der Waals surface area contributed by atoms with Gasteiger partial charge in [0.15, 0.2) is 4.77 Å². The first-order chi connectivity index (χ1) is 13.1. The van der Waals surface area contributed by atoms with E-state index in [0.29, 0.717) is 18.6 Å². The van der Waals surface area contributed by atoms with Crippen molar-refractivity contribution in [3.8, 4) is 0 Å². The number of rotatable bonds is 6. The van der Waals surface area contributed by atoms with E-state index in [-0.39, 0.29) is 5.91 Å². The third kappa shape index (κ3) is 4.14. The number of likely N-dealkylation sites (tertiary alicyclic amines) is 1. The van der Waals surface area contributed by atoms with Crippen LogP contribution in [0.4, 0.5) is 0 Å². The summed E-state index contributed by atoms with van der Waals surface area (Å²) in [4.78, 5) is 14.6. The molecule has 2 aromatic rings. The van der Waals surface area contributed by atoms with Gasteiger partial charge >= 0.3 is 0 Å². The SMILES string of the molecule is CC(OCc1ccccc1)C(=O)N1CCC(c2n[nH]c(=S)n2C2CC2)CC1. The van der Waals surface area contributed by atoms with Crippen LogP contribution in [-0.2, 0) is 16.1 Å². The number of carbonyl (C=O) groups is 1. The standard InChI is InChI=1S/C20H26N4O2S/c1-14(26-13-15-5-3-2-4-6-15)19(25)23-11-9-16(10-12-23)18-21-22-20(27)24(18)17-7-8-17/h2-6,14,16-17H,7-13H2,1H3,(H,22,27). The Hall–Kier alpha value is -1.99. The molecule has 1 aromatic heterocycles. The predicted octanol–water partition coefficient (Wildman–Crippen LogP) is 3.59. The highest BCUT2D eigenvalue weighted by Crippen LogP contribution is 2.39. The van der Waals surface area contributed by atoms with E-state index in [1.54, 1.807) is 0 Å². The fourth-order valence-corrected chi connectivity index (χ4v) is 4.06. The van der Waals surface area contributed by atoms with E-state index in [2.05, 4.69) is 14.8 Å². The van der Waals surface area contributed by atoms with E-state index < -0.39 is 6.10 Å². The molecule has 1 amide bonds. The van der Waals surface area contributed by atoms with Gasteiger partial charge in [0.2, 0.25) is 0 Å². The first kappa shape index (κ1) is 18.4. The van der Waals surface area contributed by atoms with E-state index in [1.807, 2.05) is 42.2 Å². The number of amides is 1. The van der Waals surface area contributed by atoms with Gasteiger partial charge in [-0.1, -0.05) is 30.3 Å². The molecule has 2 fully saturated rings. The van der Waals surface area contributed by atoms with E-state index in [1.165, 1.54) is 12.8 Å². The summed E-state index contributed by atoms with van der Waals surface area (Å²) in [6.07, 6.45) is 3.79. The van der Waals surface area contributed by atoms with Crippen LogP contribution in [0.15, 0.2) is 30.3 Å². The summed E-state index contributed by atoms with van der Waals surface area (Å²) < 4.78 is 8.72. The number of hydrogen-bond acceptors (Lipinski definition) is 4. The fourth-order valence-electron chi connectivity index (χ4n) is 3.77. The van der Waals surface area contributed by atoms with E-state index >= 15 is 0 Å². The quantitative estimate of drug-likeness (QED) is 0.771. The van der Waals surface area contributed by atoms with Crippen LogP contribution in [0.2, 0.25) is 0 Å². The number of benzene rings is 1. The minimum absolute atomic E-state index is 0.0745. The van der Waals surface area contributed by atoms with Crippen molar-refractivity contribution in [2.75, 3.05) is 13.1 Å². The lowest BCUT2D eigenvalue weighted by atomic mass is 9.95. The van der Waals surface area contributed by atoms with Crippen LogP contribution in [0.3, 0.4) is 0 Å². The van der Waals surface area contributed by atoms with Gasteiger partial charge in [-0.15, -0.1) is 0 Å². The molecule has 0 radical (unpaired) electrons. The molecule has 1 aliphatic heterocycles. The third-order valence-electron chi connectivity index (χ3n) is 5.51. The van der Waals surface area contributed by atoms with Gasteiger partial charge in [-0.2, -0.15) is 5.10 Å². The van der Waals surface area contributed by atoms with Crippen LogP contribution in [0.5, 0.6) is 0 Å². The van der Waals surface area contributed by atoms with Gasteiger partial charge in [0.25, 0.3) is 5.91 Å². The summed E-state index contributed by atoms with van der Waals surface area (Å²) in [6, 6.07) is 10.5. The Morgan fingerprint density at radius 1 is 1.26 bits per heavy atom. The normalized spacial score (nSPS) is 19.2. The molecule has 7 heteroatoms. The molecule has 4 rings (SSSR count). The van der Waals surface area contributed by atoms with Crippen LogP contribution in [0.1, 0.15) is 56.0 Å². The van der Waals surface area contributed by atoms with Crippen LogP contribution in [-0.4, -0.2) is 44.8 Å². The van der Waals surface area contributed by atoms with Crippen molar-refractivity contribution in [3.63, 3.8) is 0 Å². The number of carbonyl (C=O) groups excluding carboxylic acids is 1. The van der Waals surface area contributed by atoms with Crippen molar-refractivity contribution in [2.45, 2.75) is 57.3 Å². The molecule has 144 valence electrons. The van der Waals surface area contributed by atoms with Crippen LogP contribution in [0, 0.1) is 4.77 Å². The molecular formula is C20H26N4O2S. The van der Waals surface area contributed by atoms with E-state index in [9.17, 15) is 4.79 Å². The van der Waals surface area contributed by atoms with E-state index in [0.717, 1.165) is 42.1 Å². The number of H-pyrrole nitrogens is 1. The second kappa shape index (κ2) is 7.94. The van der Waals surface area contributed by atoms with Crippen molar-refractivity contribution >= 4 is 18.1 Å². The highest BCUT2D eigenvalue weighted by molar-refractivity contribution is 7.71. The maximum Gasteiger partial charge on any atom is 0.251 e. The number of aromatic nitrogens is 3. The number of nitrogens with zero attached hydrogens (tertiary/aromatic N) is 3. The van der Waals surface area contributed by atoms with Crippen molar-refractivity contribution in [1.29, 1.82) is 0 Å². The van der Waals surface area contributed by atoms with Gasteiger partial charge in [-0.25, -0.2) is 0 Å². The molecule has 2 heterocycles. The Morgan fingerprint density at radius 3 is 2.63 bits per heavy atom. The van der Waals surface area contributed by atoms with Gasteiger partial charge in [-0.05, 0) is 50.4 Å². The summed E-state index contributed by atoms with van der Waals surface area (Å²) in [5.41, 5.74) is 1.08. The highest BCUT2D eigenvalue weighted by Gasteiger charge is 2.33. The molecule has 27 heavy (non-hydrogen) atoms. The summed E-state index contributed by atoms with van der Waals surface area (Å²) in [5, 5.41) is 7.44. The van der Waals surface area contributed by atoms with Crippen LogP contribution >= 0.6 is 12.2 Å². The minimum atomic E-state index is -0.428. The second-order valence-electron chi connectivity index (χ2n) is 7.53. The predicted molar refractivity (Wildman–Crippen MR) is 105 cm³/mol. The Kier molecular flexibility index (Phi) is 5.41. The molecule has 1 aromatic carbocycles. The van der Waals surface area contributed by atoms with Crippen molar-refractivity contribution in [2.24, 2.45) is 0 Å². The zero-order valence-corrected chi connectivity index (χ0v) is 16.5. The van der Waals surface area contributed by atoms with Gasteiger partial charge in [-0.3, -0.25) is 9.89 Å². The highest BCUT2D eigenvalue weighted by atomic mass is 32.1. The van der Waals surface area contributed by atoms with Gasteiger partial charge in [0.05, 0.1) is 6.61 Å². The first-order valence-electron chi connectivity index (χ1n) is 9.74. The molecule has 1 saturated carbocycles. The molecule has 1 unspecified atom stereocenters. The molecule has 1 N–H and O–H groups in total. The average molecular weight is 387 g/mol. The largest absolute Gasteiger partial charge is 0.364 e. The Balaban J connectivity index is 1.31. The Morgan fingerprint density at radius 2 is 1.96 bits per heavy atom. The van der Waals surface area contributed by atoms with Crippen molar-refractivity contribution in [3.05, 3.63) is 46.5 Å². The molecule has 6 nitrogen and oxygen atoms in total. The lowest BCUT2D eigenvalue weighted by molar-refractivity contribution is -0.144. The summed E-state index contributed by atoms with van der Waals surface area (Å²) in [6.45, 7) is 3.79. The Bertz CT molecular complexity index is 835. The molecule has 1 aliphatic carbocycles. The number of piperidine rings is 1. The molecule has 0 bridgehead atoms. The maximum atomic E-state index is 12.7. The van der Waals surface area contributed by atoms with Crippen molar-refractivity contribution in [1.82, 2.24) is 19.7 Å². The van der Waals surface area contributed by atoms with Crippen LogP contribution in [0.25, 0.3) is 0 Å². The zero-order chi connectivity index (χ0) is 18.8. The molecule has 1 atom stereocenters. The minimum Gasteiger partial charge on any atom is -0.364 e. The average Bonchev–Trinajstić information content (AvgIpc) is 3.48. The van der Waals surface area contributed by atoms with Gasteiger partial charge in [0, 0.05) is 25.0 Å². The molecule has 1 saturated heterocycles. The Labute approximate surface area is 164 Å². The second-order valence-corrected chi connectivity index (χ2v) is 7.91. The lowest BCUT2D eigenvalue weighted by Crippen LogP contribution is -2.43. The number of nitrogens with one attached hydrogen (secondary N) is 1. The number of aromatic amines is 1. The molecule has 0 spiro atoms. The van der Waals surface area contributed by atoms with Crippen molar-refractivity contribution < 1.29 is 9.53 Å². The maximum absolute atomic E-state index is 12.7. The topological polar surface area (TPSA) is 63.1 Å². The number of ether oxygens (including phenoxy) is 1. The summed E-state index contributed by atoms with van der Waals surface area (Å²) in [7, 11) is 0. The third-order valence-corrected chi connectivity index (χ3v) is 5.79. The first-order valence-corrected chi connectivity index (χ1v) is 10.2. The fraction of sp³-hybridized carbons (Fsp3) is 0.550. The van der Waals surface area contributed by atoms with E-state index in [4.69, 9.17) is 17.0 Å². The summed E-state index contributed by atoms with van der Waals surface area (Å²) in [5.74, 6) is 1.51. The van der Waals surface area contributed by atoms with Gasteiger partial charge < -0.3 is 14.2 Å². The monoisotopic (exact) mass is 386 g/mol.